The van der Waals surface area contributed by atoms with Crippen molar-refractivity contribution in [3.8, 4) is 11.5 Å². The molecule has 0 N–H and O–H groups in total. The SMILES string of the molecule is C=C(C)C(=O)OCCOC(C)OC(C)OC(C)Oc1ccc(C(C)(C)c2ccc(OC(C)OC(C)OC(C)OC(C)OCCOC(=O)C(=C)C)cc2)cc1. The highest BCUT2D eigenvalue weighted by atomic mass is 16.8. The summed E-state index contributed by atoms with van der Waals surface area (Å²) in [6.07, 6.45) is -4.22. The summed E-state index contributed by atoms with van der Waals surface area (Å²) >= 11 is 0. The molecule has 0 spiro atoms. The van der Waals surface area contributed by atoms with Crippen molar-refractivity contribution >= 4 is 11.9 Å². The van der Waals surface area contributed by atoms with Crippen LogP contribution in [0.15, 0.2) is 72.8 Å². The maximum Gasteiger partial charge on any atom is 0.333 e. The van der Waals surface area contributed by atoms with Crippen molar-refractivity contribution in [1.82, 2.24) is 0 Å². The standard InChI is InChI=1S/C41H60O13/c1-26(2)39(42)46-24-22-44-28(5)48-30(7)50-32(9)52-34(11)54-38-20-16-36(17-21-38)41(12,13)35-14-18-37(19-15-35)53-33(10)51-31(8)49-29(6)45-23-25-47-40(43)27(3)4/h14-21,28-34H,1,3,22-25H2,2,4-13H3. The third-order valence-electron chi connectivity index (χ3n) is 7.71. The maximum absolute atomic E-state index is 11.4. The van der Waals surface area contributed by atoms with Gasteiger partial charge in [0, 0.05) is 16.6 Å². The highest BCUT2D eigenvalue weighted by Crippen LogP contribution is 2.33. The average Bonchev–Trinajstić information content (AvgIpc) is 3.08. The Hall–Kier alpha value is -3.82. The van der Waals surface area contributed by atoms with Gasteiger partial charge in [-0.3, -0.25) is 0 Å². The average molecular weight is 761 g/mol. The molecule has 0 radical (unpaired) electrons. The Morgan fingerprint density at radius 2 is 0.796 bits per heavy atom. The maximum atomic E-state index is 11.4. The van der Waals surface area contributed by atoms with E-state index in [9.17, 15) is 9.59 Å². The van der Waals surface area contributed by atoms with Gasteiger partial charge in [0.2, 0.25) is 0 Å². The molecule has 0 amide bonds. The van der Waals surface area contributed by atoms with Crippen LogP contribution in [0.3, 0.4) is 0 Å². The predicted molar refractivity (Wildman–Crippen MR) is 201 cm³/mol. The third kappa shape index (κ3) is 17.5. The minimum Gasteiger partial charge on any atom is -0.465 e. The summed E-state index contributed by atoms with van der Waals surface area (Å²) < 4.78 is 61.8. The topological polar surface area (TPSA) is 136 Å². The largest absolute Gasteiger partial charge is 0.465 e. The second-order valence-corrected chi connectivity index (χ2v) is 13.1. The number of esters is 2. The van der Waals surface area contributed by atoms with Crippen molar-refractivity contribution in [3.63, 3.8) is 0 Å². The van der Waals surface area contributed by atoms with Crippen molar-refractivity contribution in [2.24, 2.45) is 0 Å². The lowest BCUT2D eigenvalue weighted by Crippen LogP contribution is -2.30. The number of hydrogen-bond acceptors (Lipinski definition) is 13. The molecule has 302 valence electrons. The Balaban J connectivity index is 1.77. The molecule has 2 aromatic rings. The van der Waals surface area contributed by atoms with Crippen LogP contribution in [-0.4, -0.2) is 82.4 Å². The summed E-state index contributed by atoms with van der Waals surface area (Å²) in [5, 5.41) is 0. The molecule has 13 heteroatoms. The second kappa shape index (κ2) is 23.2. The van der Waals surface area contributed by atoms with Crippen LogP contribution in [0.4, 0.5) is 0 Å². The Bertz CT molecular complexity index is 1440. The lowest BCUT2D eigenvalue weighted by molar-refractivity contribution is -0.298. The van der Waals surface area contributed by atoms with Crippen LogP contribution in [-0.2, 0) is 57.6 Å². The minimum absolute atomic E-state index is 0.0940. The molecule has 2 aromatic carbocycles. The molecule has 7 unspecified atom stereocenters. The Morgan fingerprint density at radius 3 is 1.11 bits per heavy atom. The summed E-state index contributed by atoms with van der Waals surface area (Å²) in [5.41, 5.74) is 2.54. The molecule has 0 aromatic heterocycles. The highest BCUT2D eigenvalue weighted by Gasteiger charge is 2.24. The number of carbonyl (C=O) groups excluding carboxylic acids is 2. The first-order chi connectivity index (χ1) is 25.4. The molecule has 13 nitrogen and oxygen atoms in total. The highest BCUT2D eigenvalue weighted by molar-refractivity contribution is 5.87. The molecule has 0 aliphatic carbocycles. The fourth-order valence-corrected chi connectivity index (χ4v) is 4.97. The number of hydrogen-bond donors (Lipinski definition) is 0. The molecule has 0 fully saturated rings. The summed E-state index contributed by atoms with van der Waals surface area (Å²) in [6, 6.07) is 15.7. The fourth-order valence-electron chi connectivity index (χ4n) is 4.97. The smallest absolute Gasteiger partial charge is 0.333 e. The van der Waals surface area contributed by atoms with Gasteiger partial charge in [-0.2, -0.15) is 0 Å². The molecule has 0 saturated carbocycles. The number of ether oxygens (including phenoxy) is 11. The van der Waals surface area contributed by atoms with E-state index in [0.29, 0.717) is 22.6 Å². The van der Waals surface area contributed by atoms with Gasteiger partial charge >= 0.3 is 11.9 Å². The molecule has 0 bridgehead atoms. The van der Waals surface area contributed by atoms with Gasteiger partial charge < -0.3 is 52.1 Å². The molecule has 2 rings (SSSR count). The Kier molecular flexibility index (Phi) is 19.9. The van der Waals surface area contributed by atoms with Crippen LogP contribution in [0.5, 0.6) is 11.5 Å². The van der Waals surface area contributed by atoms with Gasteiger partial charge in [0.15, 0.2) is 44.0 Å². The first-order valence-electron chi connectivity index (χ1n) is 18.1. The van der Waals surface area contributed by atoms with Gasteiger partial charge in [-0.25, -0.2) is 9.59 Å². The van der Waals surface area contributed by atoms with E-state index in [0.717, 1.165) is 11.1 Å². The number of carbonyl (C=O) groups is 2. The van der Waals surface area contributed by atoms with E-state index in [4.69, 9.17) is 52.1 Å². The first kappa shape index (κ1) is 46.3. The molecule has 0 heterocycles. The van der Waals surface area contributed by atoms with Crippen molar-refractivity contribution in [2.45, 2.75) is 126 Å². The van der Waals surface area contributed by atoms with Gasteiger partial charge in [0.05, 0.1) is 13.2 Å². The summed E-state index contributed by atoms with van der Waals surface area (Å²) in [7, 11) is 0. The molecule has 7 atom stereocenters. The van der Waals surface area contributed by atoms with Gasteiger partial charge in [-0.05, 0) is 97.7 Å². The number of rotatable bonds is 26. The van der Waals surface area contributed by atoms with E-state index in [-0.39, 0.29) is 31.8 Å². The molecule has 0 aliphatic rings. The van der Waals surface area contributed by atoms with E-state index in [1.165, 1.54) is 0 Å². The van der Waals surface area contributed by atoms with E-state index in [1.54, 1.807) is 62.3 Å². The Labute approximate surface area is 320 Å². The summed E-state index contributed by atoms with van der Waals surface area (Å²) in [5.74, 6) is 0.373. The predicted octanol–water partition coefficient (Wildman–Crippen LogP) is 7.55. The van der Waals surface area contributed by atoms with Crippen molar-refractivity contribution in [1.29, 1.82) is 0 Å². The van der Waals surface area contributed by atoms with Crippen LogP contribution in [0.25, 0.3) is 0 Å². The zero-order valence-electron chi connectivity index (χ0n) is 33.7. The van der Waals surface area contributed by atoms with E-state index >= 15 is 0 Å². The molecular weight excluding hydrogens is 700 g/mol. The zero-order chi connectivity index (χ0) is 40.4. The van der Waals surface area contributed by atoms with Gasteiger partial charge in [0.1, 0.15) is 24.7 Å². The first-order valence-corrected chi connectivity index (χ1v) is 18.1. The van der Waals surface area contributed by atoms with Crippen LogP contribution < -0.4 is 9.47 Å². The molecular formula is C41H60O13. The number of benzene rings is 2. The normalized spacial score (nSPS) is 15.5. The molecule has 0 aliphatic heterocycles. The van der Waals surface area contributed by atoms with Crippen molar-refractivity contribution < 1.29 is 61.7 Å². The van der Waals surface area contributed by atoms with Crippen LogP contribution in [0, 0.1) is 0 Å². The molecule has 54 heavy (non-hydrogen) atoms. The van der Waals surface area contributed by atoms with Crippen LogP contribution in [0.2, 0.25) is 0 Å². The molecule has 0 saturated heterocycles. The third-order valence-corrected chi connectivity index (χ3v) is 7.71. The van der Waals surface area contributed by atoms with E-state index in [1.807, 2.05) is 48.5 Å². The van der Waals surface area contributed by atoms with Gasteiger partial charge in [-0.1, -0.05) is 51.3 Å². The summed E-state index contributed by atoms with van der Waals surface area (Å²) in [4.78, 5) is 22.9. The minimum atomic E-state index is -0.628. The van der Waals surface area contributed by atoms with E-state index < -0.39 is 56.0 Å². The van der Waals surface area contributed by atoms with Crippen LogP contribution >= 0.6 is 0 Å². The van der Waals surface area contributed by atoms with Crippen LogP contribution in [0.1, 0.15) is 87.3 Å². The monoisotopic (exact) mass is 760 g/mol. The zero-order valence-corrected chi connectivity index (χ0v) is 33.7. The van der Waals surface area contributed by atoms with E-state index in [2.05, 4.69) is 27.0 Å². The summed E-state index contributed by atoms with van der Waals surface area (Å²) in [6.45, 7) is 27.3. The Morgan fingerprint density at radius 1 is 0.500 bits per heavy atom. The lowest BCUT2D eigenvalue weighted by Gasteiger charge is -2.27. The second-order valence-electron chi connectivity index (χ2n) is 13.1. The lowest BCUT2D eigenvalue weighted by atomic mass is 9.78. The fraction of sp³-hybridized carbons (Fsp3) is 0.561. The van der Waals surface area contributed by atoms with Gasteiger partial charge in [0.25, 0.3) is 0 Å². The van der Waals surface area contributed by atoms with Crippen molar-refractivity contribution in [2.75, 3.05) is 26.4 Å². The van der Waals surface area contributed by atoms with Crippen molar-refractivity contribution in [3.05, 3.63) is 84.0 Å². The van der Waals surface area contributed by atoms with Gasteiger partial charge in [-0.15, -0.1) is 0 Å². The quantitative estimate of drug-likeness (QED) is 0.0405.